The fourth-order valence-electron chi connectivity index (χ4n) is 4.73. The monoisotopic (exact) mass is 597 g/mol. The van der Waals surface area contributed by atoms with Gasteiger partial charge in [0.2, 0.25) is 5.95 Å². The Kier molecular flexibility index (Phi) is 9.43. The summed E-state index contributed by atoms with van der Waals surface area (Å²) in [6, 6.07) is 14.9. The van der Waals surface area contributed by atoms with Crippen LogP contribution in [0.25, 0.3) is 11.5 Å². The molecular weight excluding hydrogens is 562 g/mol. The molecule has 3 N–H and O–H groups in total. The zero-order chi connectivity index (χ0) is 31.1. The van der Waals surface area contributed by atoms with E-state index in [4.69, 9.17) is 4.74 Å². The standard InChI is InChI=1S/C31H35N9O4/c1-4-21(3)44-28(41)19-22-18-23(8-9-25(22)39-14-16-40(17-15-39)31(42)43)35-30-33-13-11-27(38-30)36-26-10-12-32-29(37-26)24-7-5-6-20(2)34-24/h5-13,18,21H,4,14-17,19H2,1-3H3,(H,42,43)(H2,32,33,35,36,37,38)/t21-/m1/s1. The van der Waals surface area contributed by atoms with Gasteiger partial charge in [0, 0.05) is 55.6 Å². The molecule has 1 atom stereocenters. The molecule has 3 aromatic heterocycles. The summed E-state index contributed by atoms with van der Waals surface area (Å²) in [5, 5.41) is 15.8. The summed E-state index contributed by atoms with van der Waals surface area (Å²) in [5.41, 5.74) is 3.87. The molecule has 13 nitrogen and oxygen atoms in total. The van der Waals surface area contributed by atoms with Gasteiger partial charge in [-0.05, 0) is 68.3 Å². The topological polar surface area (TPSA) is 159 Å². The van der Waals surface area contributed by atoms with E-state index in [9.17, 15) is 14.7 Å². The highest BCUT2D eigenvalue weighted by Gasteiger charge is 2.23. The van der Waals surface area contributed by atoms with Crippen molar-refractivity contribution >= 4 is 41.0 Å². The maximum Gasteiger partial charge on any atom is 0.407 e. The van der Waals surface area contributed by atoms with E-state index in [0.717, 1.165) is 23.4 Å². The van der Waals surface area contributed by atoms with E-state index in [2.05, 4.69) is 40.5 Å². The molecule has 0 unspecified atom stereocenters. The van der Waals surface area contributed by atoms with Crippen LogP contribution in [0, 0.1) is 6.92 Å². The average molecular weight is 598 g/mol. The summed E-state index contributed by atoms with van der Waals surface area (Å²) >= 11 is 0. The van der Waals surface area contributed by atoms with Crippen LogP contribution in [0.3, 0.4) is 0 Å². The number of esters is 1. The number of carbonyl (C=O) groups excluding carboxylic acids is 1. The van der Waals surface area contributed by atoms with Gasteiger partial charge in [0.25, 0.3) is 0 Å². The number of hydrogen-bond donors (Lipinski definition) is 3. The lowest BCUT2D eigenvalue weighted by atomic mass is 10.1. The Morgan fingerprint density at radius 1 is 0.955 bits per heavy atom. The summed E-state index contributed by atoms with van der Waals surface area (Å²) in [4.78, 5) is 50.0. The van der Waals surface area contributed by atoms with E-state index in [1.54, 1.807) is 24.5 Å². The Balaban J connectivity index is 1.33. The summed E-state index contributed by atoms with van der Waals surface area (Å²) < 4.78 is 5.56. The average Bonchev–Trinajstić information content (AvgIpc) is 3.01. The Hall–Kier alpha value is -5.33. The largest absolute Gasteiger partial charge is 0.465 e. The van der Waals surface area contributed by atoms with Crippen LogP contribution in [0.1, 0.15) is 31.5 Å². The number of pyridine rings is 1. The van der Waals surface area contributed by atoms with E-state index < -0.39 is 6.09 Å². The van der Waals surface area contributed by atoms with E-state index >= 15 is 0 Å². The molecule has 1 fully saturated rings. The molecule has 0 spiro atoms. The molecule has 13 heteroatoms. The molecule has 44 heavy (non-hydrogen) atoms. The number of anilines is 5. The molecule has 1 amide bonds. The third kappa shape index (κ3) is 7.73. The van der Waals surface area contributed by atoms with Gasteiger partial charge in [-0.15, -0.1) is 0 Å². The normalized spacial score (nSPS) is 13.7. The van der Waals surface area contributed by atoms with Crippen LogP contribution in [-0.2, 0) is 16.0 Å². The van der Waals surface area contributed by atoms with Crippen LogP contribution in [0.4, 0.5) is 33.8 Å². The van der Waals surface area contributed by atoms with Crippen LogP contribution in [0.15, 0.2) is 60.9 Å². The Labute approximate surface area is 255 Å². The number of benzene rings is 1. The van der Waals surface area contributed by atoms with Gasteiger partial charge in [0.15, 0.2) is 5.82 Å². The number of carboxylic acid groups (broad SMARTS) is 1. The molecule has 4 heterocycles. The predicted molar refractivity (Wildman–Crippen MR) is 166 cm³/mol. The first-order valence-electron chi connectivity index (χ1n) is 14.5. The highest BCUT2D eigenvalue weighted by atomic mass is 16.5. The fraction of sp³-hybridized carbons (Fsp3) is 0.323. The van der Waals surface area contributed by atoms with Crippen molar-refractivity contribution in [3.63, 3.8) is 0 Å². The van der Waals surface area contributed by atoms with E-state index in [0.29, 0.717) is 61.0 Å². The first-order valence-corrected chi connectivity index (χ1v) is 14.5. The molecule has 1 aliphatic rings. The van der Waals surface area contributed by atoms with Crippen molar-refractivity contribution < 1.29 is 19.4 Å². The minimum absolute atomic E-state index is 0.0721. The quantitative estimate of drug-likeness (QED) is 0.215. The number of nitrogens with one attached hydrogen (secondary N) is 2. The lowest BCUT2D eigenvalue weighted by Crippen LogP contribution is -2.48. The molecule has 4 aromatic rings. The van der Waals surface area contributed by atoms with Crippen molar-refractivity contribution in [1.29, 1.82) is 0 Å². The lowest BCUT2D eigenvalue weighted by molar-refractivity contribution is -0.147. The van der Waals surface area contributed by atoms with Crippen molar-refractivity contribution in [1.82, 2.24) is 29.8 Å². The maximum atomic E-state index is 12.8. The van der Waals surface area contributed by atoms with Crippen molar-refractivity contribution in [2.24, 2.45) is 0 Å². The molecular formula is C31H35N9O4. The van der Waals surface area contributed by atoms with Crippen LogP contribution in [-0.4, -0.2) is 79.3 Å². The molecule has 228 valence electrons. The van der Waals surface area contributed by atoms with Crippen molar-refractivity contribution in [2.45, 2.75) is 39.7 Å². The van der Waals surface area contributed by atoms with Gasteiger partial charge in [-0.25, -0.2) is 24.7 Å². The van der Waals surface area contributed by atoms with Crippen molar-refractivity contribution in [2.75, 3.05) is 41.7 Å². The lowest BCUT2D eigenvalue weighted by Gasteiger charge is -2.35. The molecule has 1 saturated heterocycles. The van der Waals surface area contributed by atoms with Crippen molar-refractivity contribution in [3.8, 4) is 11.5 Å². The summed E-state index contributed by atoms with van der Waals surface area (Å²) in [6.07, 6.45) is 2.96. The van der Waals surface area contributed by atoms with Gasteiger partial charge in [-0.1, -0.05) is 13.0 Å². The highest BCUT2D eigenvalue weighted by molar-refractivity contribution is 5.77. The summed E-state index contributed by atoms with van der Waals surface area (Å²) in [7, 11) is 0. The van der Waals surface area contributed by atoms with Gasteiger partial charge >= 0.3 is 12.1 Å². The maximum absolute atomic E-state index is 12.8. The number of hydrogen-bond acceptors (Lipinski definition) is 11. The minimum atomic E-state index is -0.929. The number of nitrogens with zero attached hydrogens (tertiary/aromatic N) is 7. The number of piperazine rings is 1. The van der Waals surface area contributed by atoms with Crippen LogP contribution >= 0.6 is 0 Å². The Morgan fingerprint density at radius 3 is 2.43 bits per heavy atom. The Bertz CT molecular complexity index is 1630. The molecule has 0 bridgehead atoms. The molecule has 0 radical (unpaired) electrons. The molecule has 0 aliphatic carbocycles. The van der Waals surface area contributed by atoms with E-state index in [-0.39, 0.29) is 18.5 Å². The van der Waals surface area contributed by atoms with Crippen LogP contribution in [0.2, 0.25) is 0 Å². The van der Waals surface area contributed by atoms with Gasteiger partial charge < -0.3 is 30.3 Å². The van der Waals surface area contributed by atoms with Gasteiger partial charge in [-0.3, -0.25) is 4.79 Å². The second kappa shape index (κ2) is 13.8. The van der Waals surface area contributed by atoms with Gasteiger partial charge in [0.05, 0.1) is 12.5 Å². The second-order valence-corrected chi connectivity index (χ2v) is 10.4. The smallest absolute Gasteiger partial charge is 0.407 e. The molecule has 5 rings (SSSR count). The molecule has 1 aliphatic heterocycles. The third-order valence-electron chi connectivity index (χ3n) is 7.15. The number of rotatable bonds is 10. The van der Waals surface area contributed by atoms with Gasteiger partial charge in [0.1, 0.15) is 17.3 Å². The van der Waals surface area contributed by atoms with Crippen LogP contribution in [0.5, 0.6) is 0 Å². The summed E-state index contributed by atoms with van der Waals surface area (Å²) in [5.74, 6) is 1.59. The SMILES string of the molecule is CC[C@@H](C)OC(=O)Cc1cc(Nc2nccc(Nc3ccnc(-c4cccc(C)n4)n3)n2)ccc1N1CCN(C(=O)O)CC1. The summed E-state index contributed by atoms with van der Waals surface area (Å²) in [6.45, 7) is 7.55. The third-order valence-corrected chi connectivity index (χ3v) is 7.15. The number of carbonyl (C=O) groups is 2. The fourth-order valence-corrected chi connectivity index (χ4v) is 4.73. The molecule has 1 aromatic carbocycles. The first kappa shape index (κ1) is 30.1. The number of amides is 1. The van der Waals surface area contributed by atoms with E-state index in [1.165, 1.54) is 4.90 Å². The van der Waals surface area contributed by atoms with Crippen molar-refractivity contribution in [3.05, 3.63) is 72.2 Å². The second-order valence-electron chi connectivity index (χ2n) is 10.4. The molecule has 0 saturated carbocycles. The van der Waals surface area contributed by atoms with E-state index in [1.807, 2.05) is 57.2 Å². The van der Waals surface area contributed by atoms with Gasteiger partial charge in [-0.2, -0.15) is 4.98 Å². The number of aryl methyl sites for hydroxylation is 1. The first-order chi connectivity index (χ1) is 21.3. The highest BCUT2D eigenvalue weighted by Crippen LogP contribution is 2.28. The minimum Gasteiger partial charge on any atom is -0.465 e. The zero-order valence-electron chi connectivity index (χ0n) is 24.9. The zero-order valence-corrected chi connectivity index (χ0v) is 24.9. The predicted octanol–water partition coefficient (Wildman–Crippen LogP) is 4.81. The number of aromatic nitrogens is 5. The number of ether oxygens (including phenoxy) is 1. The Morgan fingerprint density at radius 2 is 1.70 bits per heavy atom. The van der Waals surface area contributed by atoms with Crippen LogP contribution < -0.4 is 15.5 Å².